The van der Waals surface area contributed by atoms with Crippen molar-refractivity contribution < 1.29 is 14.3 Å². The van der Waals surface area contributed by atoms with Crippen molar-refractivity contribution in [2.45, 2.75) is 32.4 Å². The number of carbonyl (C=O) groups excluding carboxylic acids is 1. The fraction of sp³-hybridized carbons (Fsp3) is 0.562. The molecule has 20 heavy (non-hydrogen) atoms. The van der Waals surface area contributed by atoms with E-state index in [0.717, 1.165) is 13.0 Å². The molecule has 1 saturated heterocycles. The van der Waals surface area contributed by atoms with Gasteiger partial charge in [0.15, 0.2) is 0 Å². The van der Waals surface area contributed by atoms with E-state index in [2.05, 4.69) is 25.8 Å². The van der Waals surface area contributed by atoms with E-state index in [4.69, 9.17) is 9.47 Å². The summed E-state index contributed by atoms with van der Waals surface area (Å²) < 4.78 is 10.9. The van der Waals surface area contributed by atoms with E-state index in [1.807, 2.05) is 12.1 Å². The molecule has 1 fully saturated rings. The Bertz CT molecular complexity index is 475. The molecule has 1 aromatic rings. The van der Waals surface area contributed by atoms with Crippen molar-refractivity contribution in [3.05, 3.63) is 29.8 Å². The third-order valence-electron chi connectivity index (χ3n) is 4.12. The maximum absolute atomic E-state index is 12.3. The third-order valence-corrected chi connectivity index (χ3v) is 4.12. The van der Waals surface area contributed by atoms with Gasteiger partial charge < -0.3 is 14.4 Å². The average Bonchev–Trinajstić information content (AvgIpc) is 2.44. The molecule has 2 rings (SSSR count). The predicted octanol–water partition coefficient (Wildman–Crippen LogP) is 2.58. The van der Waals surface area contributed by atoms with Gasteiger partial charge in [0.1, 0.15) is 17.4 Å². The second-order valence-corrected chi connectivity index (χ2v) is 5.65. The zero-order chi connectivity index (χ0) is 14.7. The van der Waals surface area contributed by atoms with Crippen LogP contribution in [0.4, 0.5) is 0 Å². The summed E-state index contributed by atoms with van der Waals surface area (Å²) in [6, 6.07) is 7.61. The molecule has 3 atom stereocenters. The lowest BCUT2D eigenvalue weighted by atomic mass is 9.92. The second-order valence-electron chi connectivity index (χ2n) is 5.65. The van der Waals surface area contributed by atoms with Gasteiger partial charge in [-0.2, -0.15) is 0 Å². The van der Waals surface area contributed by atoms with Crippen molar-refractivity contribution >= 4 is 5.97 Å². The molecular weight excluding hydrogens is 254 g/mol. The number of rotatable bonds is 3. The number of nitrogens with zero attached hydrogens (tertiary/aromatic N) is 1. The van der Waals surface area contributed by atoms with Gasteiger partial charge in [0.25, 0.3) is 0 Å². The minimum absolute atomic E-state index is 0.0291. The number of carbonyl (C=O) groups is 1. The van der Waals surface area contributed by atoms with E-state index in [0.29, 0.717) is 23.3 Å². The first-order chi connectivity index (χ1) is 9.52. The Labute approximate surface area is 120 Å². The number of methoxy groups -OCH3 is 1. The van der Waals surface area contributed by atoms with Crippen LogP contribution in [0.1, 0.15) is 30.6 Å². The van der Waals surface area contributed by atoms with Crippen LogP contribution in [-0.2, 0) is 4.74 Å². The molecule has 110 valence electrons. The Hall–Kier alpha value is -1.55. The Balaban J connectivity index is 2.07. The molecule has 1 aliphatic rings. The number of para-hydroxylation sites is 1. The smallest absolute Gasteiger partial charge is 0.342 e. The summed E-state index contributed by atoms with van der Waals surface area (Å²) in [4.78, 5) is 14.6. The van der Waals surface area contributed by atoms with Gasteiger partial charge in [-0.25, -0.2) is 4.79 Å². The number of esters is 1. The highest BCUT2D eigenvalue weighted by molar-refractivity contribution is 5.92. The predicted molar refractivity (Wildman–Crippen MR) is 78.1 cm³/mol. The van der Waals surface area contributed by atoms with Crippen molar-refractivity contribution in [1.29, 1.82) is 0 Å². The van der Waals surface area contributed by atoms with Gasteiger partial charge in [-0.1, -0.05) is 19.1 Å². The third kappa shape index (κ3) is 3.12. The van der Waals surface area contributed by atoms with Crippen LogP contribution >= 0.6 is 0 Å². The second kappa shape index (κ2) is 6.27. The summed E-state index contributed by atoms with van der Waals surface area (Å²) in [5.41, 5.74) is 0.494. The van der Waals surface area contributed by atoms with Crippen LogP contribution in [0.3, 0.4) is 0 Å². The molecular formula is C16H23NO3. The highest BCUT2D eigenvalue weighted by Gasteiger charge is 2.32. The van der Waals surface area contributed by atoms with Gasteiger partial charge in [-0.3, -0.25) is 0 Å². The van der Waals surface area contributed by atoms with Crippen LogP contribution in [0, 0.1) is 5.92 Å². The normalized spacial score (nSPS) is 27.1. The first-order valence-corrected chi connectivity index (χ1v) is 7.07. The number of piperidine rings is 1. The van der Waals surface area contributed by atoms with Crippen LogP contribution in [0.5, 0.6) is 5.75 Å². The van der Waals surface area contributed by atoms with Crippen LogP contribution in [0.2, 0.25) is 0 Å². The van der Waals surface area contributed by atoms with Crippen LogP contribution < -0.4 is 4.74 Å². The van der Waals surface area contributed by atoms with Crippen LogP contribution in [0.25, 0.3) is 0 Å². The largest absolute Gasteiger partial charge is 0.496 e. The molecule has 0 aromatic heterocycles. The number of ether oxygens (including phenoxy) is 2. The first-order valence-electron chi connectivity index (χ1n) is 7.07. The molecule has 0 radical (unpaired) electrons. The molecule has 0 spiro atoms. The Morgan fingerprint density at radius 2 is 2.00 bits per heavy atom. The molecule has 0 saturated carbocycles. The molecule has 4 nitrogen and oxygen atoms in total. The van der Waals surface area contributed by atoms with Crippen molar-refractivity contribution in [2.75, 3.05) is 20.7 Å². The van der Waals surface area contributed by atoms with Gasteiger partial charge in [0.05, 0.1) is 7.11 Å². The lowest BCUT2D eigenvalue weighted by Gasteiger charge is -2.39. The number of hydrogen-bond acceptors (Lipinski definition) is 4. The van der Waals surface area contributed by atoms with E-state index in [1.54, 1.807) is 19.2 Å². The standard InChI is InChI=1S/C16H23NO3/c1-11-10-17(3)12(2)9-15(11)20-16(18)13-7-5-6-8-14(13)19-4/h5-8,11-12,15H,9-10H2,1-4H3/t11-,12+,15-/m1/s1. The molecule has 0 unspecified atom stereocenters. The average molecular weight is 277 g/mol. The summed E-state index contributed by atoms with van der Waals surface area (Å²) in [5, 5.41) is 0. The Morgan fingerprint density at radius 3 is 2.70 bits per heavy atom. The van der Waals surface area contributed by atoms with Crippen LogP contribution in [-0.4, -0.2) is 43.7 Å². The molecule has 1 aliphatic heterocycles. The van der Waals surface area contributed by atoms with Gasteiger partial charge >= 0.3 is 5.97 Å². The summed E-state index contributed by atoms with van der Waals surface area (Å²) in [5.74, 6) is 0.608. The number of hydrogen-bond donors (Lipinski definition) is 0. The zero-order valence-corrected chi connectivity index (χ0v) is 12.6. The highest BCUT2D eigenvalue weighted by Crippen LogP contribution is 2.26. The summed E-state index contributed by atoms with van der Waals surface area (Å²) in [6.07, 6.45) is 0.845. The quantitative estimate of drug-likeness (QED) is 0.796. The van der Waals surface area contributed by atoms with Gasteiger partial charge in [-0.15, -0.1) is 0 Å². The van der Waals surface area contributed by atoms with E-state index in [-0.39, 0.29) is 12.1 Å². The van der Waals surface area contributed by atoms with E-state index in [1.165, 1.54) is 0 Å². The van der Waals surface area contributed by atoms with E-state index in [9.17, 15) is 4.79 Å². The van der Waals surface area contributed by atoms with Gasteiger partial charge in [0.2, 0.25) is 0 Å². The van der Waals surface area contributed by atoms with Crippen LogP contribution in [0.15, 0.2) is 24.3 Å². The molecule has 0 aliphatic carbocycles. The first kappa shape index (κ1) is 14.9. The molecule has 0 amide bonds. The highest BCUT2D eigenvalue weighted by atomic mass is 16.5. The monoisotopic (exact) mass is 277 g/mol. The fourth-order valence-corrected chi connectivity index (χ4v) is 2.68. The Kier molecular flexibility index (Phi) is 4.65. The summed E-state index contributed by atoms with van der Waals surface area (Å²) >= 11 is 0. The molecule has 4 heteroatoms. The molecule has 1 aromatic carbocycles. The van der Waals surface area contributed by atoms with Gasteiger partial charge in [-0.05, 0) is 32.5 Å². The van der Waals surface area contributed by atoms with Gasteiger partial charge in [0, 0.05) is 18.5 Å². The van der Waals surface area contributed by atoms with E-state index < -0.39 is 0 Å². The lowest BCUT2D eigenvalue weighted by molar-refractivity contribution is -0.0198. The molecule has 0 bridgehead atoms. The number of benzene rings is 1. The topological polar surface area (TPSA) is 38.8 Å². The Morgan fingerprint density at radius 1 is 1.30 bits per heavy atom. The minimum Gasteiger partial charge on any atom is -0.496 e. The van der Waals surface area contributed by atoms with Crippen molar-refractivity contribution in [3.63, 3.8) is 0 Å². The molecule has 1 heterocycles. The summed E-state index contributed by atoms with van der Waals surface area (Å²) in [6.45, 7) is 5.24. The van der Waals surface area contributed by atoms with Crippen molar-refractivity contribution in [2.24, 2.45) is 5.92 Å². The fourth-order valence-electron chi connectivity index (χ4n) is 2.68. The lowest BCUT2D eigenvalue weighted by Crippen LogP contribution is -2.46. The minimum atomic E-state index is -0.295. The number of likely N-dealkylation sites (tertiary alicyclic amines) is 1. The summed E-state index contributed by atoms with van der Waals surface area (Å²) in [7, 11) is 3.67. The maximum atomic E-state index is 12.3. The van der Waals surface area contributed by atoms with Crippen molar-refractivity contribution in [3.8, 4) is 5.75 Å². The maximum Gasteiger partial charge on any atom is 0.342 e. The van der Waals surface area contributed by atoms with Crippen molar-refractivity contribution in [1.82, 2.24) is 4.90 Å². The zero-order valence-electron chi connectivity index (χ0n) is 12.6. The SMILES string of the molecule is COc1ccccc1C(=O)O[C@@H]1C[C@H](C)N(C)C[C@H]1C. The van der Waals surface area contributed by atoms with E-state index >= 15 is 0 Å². The molecule has 0 N–H and O–H groups in total.